The highest BCUT2D eigenvalue weighted by Gasteiger charge is 2.17. The molecule has 2 heterocycles. The van der Waals surface area contributed by atoms with Gasteiger partial charge in [-0.25, -0.2) is 9.36 Å². The van der Waals surface area contributed by atoms with Crippen LogP contribution in [0.1, 0.15) is 0 Å². The van der Waals surface area contributed by atoms with E-state index in [9.17, 15) is 9.59 Å². The molecular formula is C14H9Cl2N3O3S. The number of para-hydroxylation sites is 1. The zero-order valence-electron chi connectivity index (χ0n) is 11.5. The van der Waals surface area contributed by atoms with E-state index in [4.69, 9.17) is 23.2 Å². The van der Waals surface area contributed by atoms with Crippen LogP contribution >= 0.6 is 34.5 Å². The fraction of sp³-hybridized carbons (Fsp3) is 0.0714. The molecule has 0 atom stereocenters. The lowest BCUT2D eigenvalue weighted by Gasteiger charge is -2.09. The van der Waals surface area contributed by atoms with E-state index in [1.54, 1.807) is 24.3 Å². The minimum Gasteiger partial charge on any atom is -0.322 e. The van der Waals surface area contributed by atoms with Gasteiger partial charge in [-0.3, -0.25) is 9.32 Å². The maximum absolute atomic E-state index is 12.2. The maximum Gasteiger partial charge on any atom is 0.442 e. The zero-order valence-corrected chi connectivity index (χ0v) is 13.8. The Kier molecular flexibility index (Phi) is 4.51. The molecule has 0 unspecified atom stereocenters. The Morgan fingerprint density at radius 2 is 2.00 bits per heavy atom. The fourth-order valence-electron chi connectivity index (χ4n) is 1.93. The number of hydrogen-bond donors (Lipinski definition) is 1. The summed E-state index contributed by atoms with van der Waals surface area (Å²) >= 11 is 13.4. The number of nitrogens with zero attached hydrogens (tertiary/aromatic N) is 2. The third-order valence-corrected chi connectivity index (χ3v) is 4.45. The summed E-state index contributed by atoms with van der Waals surface area (Å²) in [5.41, 5.74) is 0.294. The molecule has 0 aliphatic carbocycles. The van der Waals surface area contributed by atoms with Crippen LogP contribution in [-0.2, 0) is 11.3 Å². The van der Waals surface area contributed by atoms with Gasteiger partial charge in [0, 0.05) is 0 Å². The van der Waals surface area contributed by atoms with Crippen LogP contribution in [0.15, 0.2) is 45.0 Å². The SMILES string of the molecule is O=C(Cn1c(-c2cccs2)noc1=O)Nc1c(Cl)cccc1Cl. The van der Waals surface area contributed by atoms with Gasteiger partial charge in [0.05, 0.1) is 20.6 Å². The Bertz CT molecular complexity index is 882. The van der Waals surface area contributed by atoms with Gasteiger partial charge in [0.1, 0.15) is 6.54 Å². The van der Waals surface area contributed by atoms with Gasteiger partial charge >= 0.3 is 5.76 Å². The molecule has 2 aromatic heterocycles. The molecule has 23 heavy (non-hydrogen) atoms. The monoisotopic (exact) mass is 369 g/mol. The number of halogens is 2. The van der Waals surface area contributed by atoms with Crippen molar-refractivity contribution in [2.24, 2.45) is 0 Å². The first-order valence-corrected chi connectivity index (χ1v) is 8.04. The summed E-state index contributed by atoms with van der Waals surface area (Å²) in [4.78, 5) is 24.7. The summed E-state index contributed by atoms with van der Waals surface area (Å²) in [6.07, 6.45) is 0. The lowest BCUT2D eigenvalue weighted by atomic mass is 10.3. The van der Waals surface area contributed by atoms with Gasteiger partial charge < -0.3 is 5.32 Å². The molecule has 1 amide bonds. The molecule has 0 fully saturated rings. The molecule has 0 saturated carbocycles. The van der Waals surface area contributed by atoms with E-state index < -0.39 is 11.7 Å². The third kappa shape index (κ3) is 3.31. The molecular weight excluding hydrogens is 361 g/mol. The molecule has 0 aliphatic rings. The lowest BCUT2D eigenvalue weighted by molar-refractivity contribution is -0.116. The average Bonchev–Trinajstić information content (AvgIpc) is 3.14. The third-order valence-electron chi connectivity index (χ3n) is 2.96. The number of anilines is 1. The van der Waals surface area contributed by atoms with Crippen LogP contribution in [-0.4, -0.2) is 15.6 Å². The first kappa shape index (κ1) is 15.8. The van der Waals surface area contributed by atoms with Gasteiger partial charge in [-0.1, -0.05) is 40.5 Å². The van der Waals surface area contributed by atoms with Crippen molar-refractivity contribution < 1.29 is 9.32 Å². The largest absolute Gasteiger partial charge is 0.442 e. The number of amides is 1. The van der Waals surface area contributed by atoms with Crippen LogP contribution < -0.4 is 11.1 Å². The Morgan fingerprint density at radius 1 is 1.26 bits per heavy atom. The Balaban J connectivity index is 1.84. The van der Waals surface area contributed by atoms with Crippen LogP contribution in [0, 0.1) is 0 Å². The predicted molar refractivity (Wildman–Crippen MR) is 89.2 cm³/mol. The molecule has 118 valence electrons. The van der Waals surface area contributed by atoms with Gasteiger partial charge in [-0.15, -0.1) is 11.3 Å². The van der Waals surface area contributed by atoms with E-state index in [0.717, 1.165) is 9.44 Å². The van der Waals surface area contributed by atoms with E-state index in [1.165, 1.54) is 11.3 Å². The summed E-state index contributed by atoms with van der Waals surface area (Å²) in [7, 11) is 0. The van der Waals surface area contributed by atoms with Gasteiger partial charge in [0.15, 0.2) is 5.82 Å². The van der Waals surface area contributed by atoms with E-state index in [-0.39, 0.29) is 6.54 Å². The Hall–Kier alpha value is -2.09. The average molecular weight is 370 g/mol. The molecule has 0 spiro atoms. The first-order valence-electron chi connectivity index (χ1n) is 6.40. The number of thiophene rings is 1. The Labute approximate surface area is 144 Å². The number of aromatic nitrogens is 2. The van der Waals surface area contributed by atoms with E-state index >= 15 is 0 Å². The number of benzene rings is 1. The molecule has 0 bridgehead atoms. The standard InChI is InChI=1S/C14H9Cl2N3O3S/c15-8-3-1-4-9(16)12(8)17-11(20)7-19-13(18-22-14(19)21)10-5-2-6-23-10/h1-6H,7H2,(H,17,20). The zero-order chi connectivity index (χ0) is 16.4. The quantitative estimate of drug-likeness (QED) is 0.763. The second-order valence-electron chi connectivity index (χ2n) is 4.48. The minimum absolute atomic E-state index is 0.267. The van der Waals surface area contributed by atoms with Crippen molar-refractivity contribution in [3.8, 4) is 10.7 Å². The van der Waals surface area contributed by atoms with Crippen LogP contribution in [0.3, 0.4) is 0 Å². The highest BCUT2D eigenvalue weighted by Crippen LogP contribution is 2.29. The smallest absolute Gasteiger partial charge is 0.322 e. The topological polar surface area (TPSA) is 77.1 Å². The van der Waals surface area contributed by atoms with Crippen molar-refractivity contribution >= 4 is 46.1 Å². The van der Waals surface area contributed by atoms with Crippen molar-refractivity contribution in [3.63, 3.8) is 0 Å². The van der Waals surface area contributed by atoms with Crippen LogP contribution in [0.4, 0.5) is 5.69 Å². The van der Waals surface area contributed by atoms with Crippen molar-refractivity contribution in [1.82, 2.24) is 9.72 Å². The van der Waals surface area contributed by atoms with E-state index in [2.05, 4.69) is 15.0 Å². The molecule has 0 saturated heterocycles. The highest BCUT2D eigenvalue weighted by atomic mass is 35.5. The summed E-state index contributed by atoms with van der Waals surface area (Å²) in [5.74, 6) is -0.887. The first-order chi connectivity index (χ1) is 11.1. The fourth-order valence-corrected chi connectivity index (χ4v) is 3.14. The lowest BCUT2D eigenvalue weighted by Crippen LogP contribution is -2.25. The van der Waals surface area contributed by atoms with Gasteiger partial charge in [0.2, 0.25) is 5.91 Å². The molecule has 3 aromatic rings. The van der Waals surface area contributed by atoms with Gasteiger partial charge in [-0.2, -0.15) is 0 Å². The molecule has 1 aromatic carbocycles. The summed E-state index contributed by atoms with van der Waals surface area (Å²) in [6.45, 7) is -0.267. The van der Waals surface area contributed by atoms with Crippen molar-refractivity contribution in [2.45, 2.75) is 6.54 Å². The number of rotatable bonds is 4. The summed E-state index contributed by atoms with van der Waals surface area (Å²) in [6, 6.07) is 8.46. The molecule has 3 rings (SSSR count). The summed E-state index contributed by atoms with van der Waals surface area (Å²) in [5, 5.41) is 8.75. The minimum atomic E-state index is -0.714. The van der Waals surface area contributed by atoms with E-state index in [0.29, 0.717) is 21.6 Å². The summed E-state index contributed by atoms with van der Waals surface area (Å²) < 4.78 is 5.79. The second-order valence-corrected chi connectivity index (χ2v) is 6.24. The number of carbonyl (C=O) groups is 1. The molecule has 1 N–H and O–H groups in total. The highest BCUT2D eigenvalue weighted by molar-refractivity contribution is 7.13. The van der Waals surface area contributed by atoms with Crippen molar-refractivity contribution in [3.05, 3.63) is 56.3 Å². The normalized spacial score (nSPS) is 10.7. The van der Waals surface area contributed by atoms with Gasteiger partial charge in [-0.05, 0) is 23.6 Å². The van der Waals surface area contributed by atoms with Crippen LogP contribution in [0.2, 0.25) is 10.0 Å². The predicted octanol–water partition coefficient (Wildman–Crippen LogP) is 3.51. The Morgan fingerprint density at radius 3 is 2.65 bits per heavy atom. The molecule has 0 aliphatic heterocycles. The molecule has 0 radical (unpaired) electrons. The number of hydrogen-bond acceptors (Lipinski definition) is 5. The van der Waals surface area contributed by atoms with Crippen LogP contribution in [0.5, 0.6) is 0 Å². The molecule has 9 heteroatoms. The van der Waals surface area contributed by atoms with Gasteiger partial charge in [0.25, 0.3) is 0 Å². The van der Waals surface area contributed by atoms with Crippen molar-refractivity contribution in [1.29, 1.82) is 0 Å². The van der Waals surface area contributed by atoms with Crippen molar-refractivity contribution in [2.75, 3.05) is 5.32 Å². The molecule has 6 nitrogen and oxygen atoms in total. The number of nitrogens with one attached hydrogen (secondary N) is 1. The van der Waals surface area contributed by atoms with E-state index in [1.807, 2.05) is 11.4 Å². The second kappa shape index (κ2) is 6.57. The maximum atomic E-state index is 12.2. The number of carbonyl (C=O) groups excluding carboxylic acids is 1. The van der Waals surface area contributed by atoms with Crippen LogP contribution in [0.25, 0.3) is 10.7 Å².